The first kappa shape index (κ1) is 16.3. The molecule has 0 aromatic heterocycles. The van der Waals surface area contributed by atoms with Gasteiger partial charge in [0.25, 0.3) is 0 Å². The summed E-state index contributed by atoms with van der Waals surface area (Å²) in [5, 5.41) is 3.21. The quantitative estimate of drug-likeness (QED) is 0.688. The minimum atomic E-state index is -3.37. The summed E-state index contributed by atoms with van der Waals surface area (Å²) < 4.78 is 26.6. The highest BCUT2D eigenvalue weighted by atomic mass is 32.2. The summed E-state index contributed by atoms with van der Waals surface area (Å²) in [6.07, 6.45) is 3.89. The minimum Gasteiger partial charge on any atom is -0.385 e. The third kappa shape index (κ3) is 5.84. The van der Waals surface area contributed by atoms with Crippen molar-refractivity contribution in [3.63, 3.8) is 0 Å². The van der Waals surface area contributed by atoms with Crippen LogP contribution < -0.4 is 10.0 Å². The van der Waals surface area contributed by atoms with Crippen molar-refractivity contribution in [2.75, 3.05) is 30.4 Å². The lowest BCUT2D eigenvalue weighted by atomic mass is 10.3. The third-order valence-corrected chi connectivity index (χ3v) is 4.73. The van der Waals surface area contributed by atoms with E-state index in [1.54, 1.807) is 36.0 Å². The van der Waals surface area contributed by atoms with E-state index >= 15 is 0 Å². The molecule has 2 N–H and O–H groups in total. The van der Waals surface area contributed by atoms with Crippen LogP contribution in [0.25, 0.3) is 0 Å². The fourth-order valence-corrected chi connectivity index (χ4v) is 3.03. The molecule has 0 aliphatic carbocycles. The highest BCUT2D eigenvalue weighted by Gasteiger charge is 2.12. The summed E-state index contributed by atoms with van der Waals surface area (Å²) in [6.45, 7) is 3.46. The van der Waals surface area contributed by atoms with Gasteiger partial charge in [0.1, 0.15) is 0 Å². The number of benzene rings is 1. The average molecular weight is 302 g/mol. The molecule has 0 heterocycles. The Morgan fingerprint density at radius 2 is 1.84 bits per heavy atom. The van der Waals surface area contributed by atoms with Crippen LogP contribution in [-0.2, 0) is 10.0 Å². The molecule has 0 aliphatic rings. The molecule has 1 rings (SSSR count). The molecule has 108 valence electrons. The van der Waals surface area contributed by atoms with Gasteiger partial charge < -0.3 is 5.32 Å². The zero-order valence-electron chi connectivity index (χ0n) is 11.5. The summed E-state index contributed by atoms with van der Waals surface area (Å²) in [5.74, 6) is 0.961. The molecule has 19 heavy (non-hydrogen) atoms. The largest absolute Gasteiger partial charge is 0.385 e. The standard InChI is InChI=1S/C13H22N2O2S2/c1-3-9-14-12-5-7-13(8-6-12)19(16,17)15-10-4-11-18-2/h5-8,14-15H,3-4,9-11H2,1-2H3. The fraction of sp³-hybridized carbons (Fsp3) is 0.538. The molecule has 1 aromatic rings. The van der Waals surface area contributed by atoms with Crippen molar-refractivity contribution >= 4 is 27.5 Å². The van der Waals surface area contributed by atoms with E-state index in [2.05, 4.69) is 17.0 Å². The molecule has 0 aliphatic heterocycles. The topological polar surface area (TPSA) is 58.2 Å². The van der Waals surface area contributed by atoms with E-state index in [1.807, 2.05) is 6.26 Å². The Morgan fingerprint density at radius 1 is 1.16 bits per heavy atom. The number of hydrogen-bond donors (Lipinski definition) is 2. The maximum absolute atomic E-state index is 12.0. The number of sulfonamides is 1. The summed E-state index contributed by atoms with van der Waals surface area (Å²) >= 11 is 1.71. The van der Waals surface area contributed by atoms with E-state index in [1.165, 1.54) is 0 Å². The number of nitrogens with one attached hydrogen (secondary N) is 2. The molecule has 4 nitrogen and oxygen atoms in total. The van der Waals surface area contributed by atoms with Gasteiger partial charge in [-0.15, -0.1) is 0 Å². The lowest BCUT2D eigenvalue weighted by Gasteiger charge is -2.08. The van der Waals surface area contributed by atoms with Gasteiger partial charge >= 0.3 is 0 Å². The first-order valence-electron chi connectivity index (χ1n) is 6.42. The summed E-state index contributed by atoms with van der Waals surface area (Å²) in [4.78, 5) is 0.318. The van der Waals surface area contributed by atoms with E-state index in [0.29, 0.717) is 11.4 Å². The van der Waals surface area contributed by atoms with Crippen molar-refractivity contribution in [1.29, 1.82) is 0 Å². The smallest absolute Gasteiger partial charge is 0.240 e. The van der Waals surface area contributed by atoms with Crippen LogP contribution in [0.4, 0.5) is 5.69 Å². The van der Waals surface area contributed by atoms with Crippen LogP contribution in [0, 0.1) is 0 Å². The lowest BCUT2D eigenvalue weighted by molar-refractivity contribution is 0.581. The van der Waals surface area contributed by atoms with E-state index < -0.39 is 10.0 Å². The minimum absolute atomic E-state index is 0.318. The second-order valence-corrected chi connectivity index (χ2v) is 6.95. The second kappa shape index (κ2) is 8.45. The zero-order chi connectivity index (χ0) is 14.1. The van der Waals surface area contributed by atoms with Gasteiger partial charge in [0.15, 0.2) is 0 Å². The molecule has 0 saturated heterocycles. The van der Waals surface area contributed by atoms with Crippen LogP contribution in [0.15, 0.2) is 29.2 Å². The van der Waals surface area contributed by atoms with Gasteiger partial charge in [-0.1, -0.05) is 6.92 Å². The van der Waals surface area contributed by atoms with Gasteiger partial charge in [-0.05, 0) is 49.1 Å². The number of rotatable bonds is 9. The van der Waals surface area contributed by atoms with E-state index in [-0.39, 0.29) is 0 Å². The predicted octanol–water partition coefficient (Wildman–Crippen LogP) is 2.54. The normalized spacial score (nSPS) is 11.5. The number of anilines is 1. The van der Waals surface area contributed by atoms with Crippen molar-refractivity contribution in [3.05, 3.63) is 24.3 Å². The Bertz CT molecular complexity index is 458. The maximum atomic E-state index is 12.0. The van der Waals surface area contributed by atoms with Crippen molar-refractivity contribution in [1.82, 2.24) is 4.72 Å². The van der Waals surface area contributed by atoms with Gasteiger partial charge in [0.2, 0.25) is 10.0 Å². The fourth-order valence-electron chi connectivity index (χ4n) is 1.53. The summed E-state index contributed by atoms with van der Waals surface area (Å²) in [6, 6.07) is 6.86. The molecule has 0 unspecified atom stereocenters. The molecule has 0 amide bonds. The van der Waals surface area contributed by atoms with Gasteiger partial charge in [0.05, 0.1) is 4.90 Å². The Labute approximate surface area is 120 Å². The van der Waals surface area contributed by atoms with Gasteiger partial charge in [0, 0.05) is 18.8 Å². The van der Waals surface area contributed by atoms with Gasteiger partial charge in [-0.25, -0.2) is 13.1 Å². The molecular weight excluding hydrogens is 280 g/mol. The Kier molecular flexibility index (Phi) is 7.27. The number of hydrogen-bond acceptors (Lipinski definition) is 4. The molecule has 0 radical (unpaired) electrons. The van der Waals surface area contributed by atoms with Crippen molar-refractivity contribution in [3.8, 4) is 0 Å². The molecule has 6 heteroatoms. The monoisotopic (exact) mass is 302 g/mol. The Hall–Kier alpha value is -0.720. The zero-order valence-corrected chi connectivity index (χ0v) is 13.1. The van der Waals surface area contributed by atoms with Crippen LogP contribution in [0.2, 0.25) is 0 Å². The molecule has 0 saturated carbocycles. The van der Waals surface area contributed by atoms with Crippen LogP contribution in [0.1, 0.15) is 19.8 Å². The van der Waals surface area contributed by atoms with E-state index in [0.717, 1.165) is 30.8 Å². The highest BCUT2D eigenvalue weighted by molar-refractivity contribution is 7.98. The van der Waals surface area contributed by atoms with Crippen molar-refractivity contribution in [2.45, 2.75) is 24.7 Å². The molecule has 0 bridgehead atoms. The Balaban J connectivity index is 2.58. The van der Waals surface area contributed by atoms with Gasteiger partial charge in [-0.2, -0.15) is 11.8 Å². The number of thioether (sulfide) groups is 1. The van der Waals surface area contributed by atoms with Crippen molar-refractivity contribution < 1.29 is 8.42 Å². The Morgan fingerprint density at radius 3 is 2.42 bits per heavy atom. The van der Waals surface area contributed by atoms with E-state index in [9.17, 15) is 8.42 Å². The molecule has 0 atom stereocenters. The SMILES string of the molecule is CCCNc1ccc(S(=O)(=O)NCCCSC)cc1. The predicted molar refractivity (Wildman–Crippen MR) is 83.4 cm³/mol. The van der Waals surface area contributed by atoms with E-state index in [4.69, 9.17) is 0 Å². The van der Waals surface area contributed by atoms with Gasteiger partial charge in [-0.3, -0.25) is 0 Å². The molecule has 0 fully saturated rings. The molecule has 1 aromatic carbocycles. The lowest BCUT2D eigenvalue weighted by Crippen LogP contribution is -2.25. The highest BCUT2D eigenvalue weighted by Crippen LogP contribution is 2.14. The van der Waals surface area contributed by atoms with Crippen molar-refractivity contribution in [2.24, 2.45) is 0 Å². The third-order valence-electron chi connectivity index (χ3n) is 2.56. The van der Waals surface area contributed by atoms with Crippen LogP contribution in [0.3, 0.4) is 0 Å². The summed E-state index contributed by atoms with van der Waals surface area (Å²) in [5.41, 5.74) is 0.947. The first-order chi connectivity index (χ1) is 9.10. The first-order valence-corrected chi connectivity index (χ1v) is 9.30. The average Bonchev–Trinajstić information content (AvgIpc) is 2.42. The summed E-state index contributed by atoms with van der Waals surface area (Å²) in [7, 11) is -3.37. The van der Waals surface area contributed by atoms with Crippen LogP contribution in [0.5, 0.6) is 0 Å². The van der Waals surface area contributed by atoms with Crippen LogP contribution in [-0.4, -0.2) is 33.5 Å². The maximum Gasteiger partial charge on any atom is 0.240 e. The second-order valence-electron chi connectivity index (χ2n) is 4.20. The van der Waals surface area contributed by atoms with Crippen LogP contribution >= 0.6 is 11.8 Å². The molecule has 0 spiro atoms. The molecular formula is C13H22N2O2S2.